The summed E-state index contributed by atoms with van der Waals surface area (Å²) in [4.78, 5) is 59.0. The molecule has 5 N–H and O–H groups in total. The number of thioether (sulfide) groups is 2. The number of carboxylic acids is 1. The number of hydrogen-bond donors (Lipinski definition) is 5. The lowest BCUT2D eigenvalue weighted by molar-refractivity contribution is -0.148. The molecule has 2 aromatic rings. The minimum absolute atomic E-state index is 0.0221. The van der Waals surface area contributed by atoms with E-state index in [0.29, 0.717) is 5.13 Å². The van der Waals surface area contributed by atoms with Crippen LogP contribution in [0.2, 0.25) is 0 Å². The molecule has 2 amide bonds. The Morgan fingerprint density at radius 2 is 2.16 bits per heavy atom. The Labute approximate surface area is 224 Å². The summed E-state index contributed by atoms with van der Waals surface area (Å²) in [6, 6.07) is -1.07. The molecule has 0 saturated carbocycles. The van der Waals surface area contributed by atoms with E-state index in [2.05, 4.69) is 45.8 Å². The SMILES string of the molecule is CNc1nc(/C(=N/OC)C(=O)N[C@@H]2C(=O)N3C(OC(=O)O)=C(C(CC(=O)O)Sc4nnn[nH]4)CS[C@@H]23)ns1. The molecule has 2 aliphatic heterocycles. The number of oxime groups is 1. The zero-order chi connectivity index (χ0) is 27.4. The smallest absolute Gasteiger partial charge is 0.481 e. The number of carbonyl (C=O) groups excluding carboxylic acids is 2. The van der Waals surface area contributed by atoms with Gasteiger partial charge in [0.2, 0.25) is 27.7 Å². The Bertz CT molecular complexity index is 1300. The molecule has 4 rings (SSSR count). The predicted octanol–water partition coefficient (Wildman–Crippen LogP) is -0.615. The summed E-state index contributed by atoms with van der Waals surface area (Å²) in [5, 5.41) is 39.8. The largest absolute Gasteiger partial charge is 0.512 e. The number of hydrogen-bond acceptors (Lipinski definition) is 16. The Balaban J connectivity index is 1.58. The van der Waals surface area contributed by atoms with E-state index in [-0.39, 0.29) is 33.9 Å². The number of tetrazole rings is 1. The molecular formula is C17H18N10O8S3. The van der Waals surface area contributed by atoms with E-state index < -0.39 is 47.0 Å². The van der Waals surface area contributed by atoms with E-state index in [1.807, 2.05) is 0 Å². The molecule has 0 spiro atoms. The molecule has 0 radical (unpaired) electrons. The van der Waals surface area contributed by atoms with Crippen molar-refractivity contribution in [1.82, 2.24) is 40.2 Å². The molecule has 2 aromatic heterocycles. The first kappa shape index (κ1) is 27.1. The molecule has 202 valence electrons. The number of aliphatic carboxylic acids is 1. The fourth-order valence-electron chi connectivity index (χ4n) is 3.44. The molecule has 0 bridgehead atoms. The number of aromatic amines is 1. The zero-order valence-corrected chi connectivity index (χ0v) is 21.8. The van der Waals surface area contributed by atoms with Gasteiger partial charge in [-0.2, -0.15) is 9.36 Å². The van der Waals surface area contributed by atoms with Crippen molar-refractivity contribution in [3.63, 3.8) is 0 Å². The number of anilines is 1. The average Bonchev–Trinajstić information content (AvgIpc) is 3.56. The Morgan fingerprint density at radius 3 is 2.76 bits per heavy atom. The summed E-state index contributed by atoms with van der Waals surface area (Å²) < 4.78 is 8.99. The van der Waals surface area contributed by atoms with Gasteiger partial charge in [-0.15, -0.1) is 16.9 Å². The highest BCUT2D eigenvalue weighted by Gasteiger charge is 2.55. The second-order valence-electron chi connectivity index (χ2n) is 7.27. The number of H-pyrrole nitrogens is 1. The fraction of sp³-hybridized carbons (Fsp3) is 0.412. The molecule has 1 saturated heterocycles. The summed E-state index contributed by atoms with van der Waals surface area (Å²) in [6.07, 6.45) is -2.14. The lowest BCUT2D eigenvalue weighted by Gasteiger charge is -2.49. The Morgan fingerprint density at radius 1 is 1.37 bits per heavy atom. The highest BCUT2D eigenvalue weighted by molar-refractivity contribution is 8.01. The first-order valence-corrected chi connectivity index (χ1v) is 13.1. The minimum atomic E-state index is -1.70. The lowest BCUT2D eigenvalue weighted by Crippen LogP contribution is -2.70. The molecule has 1 unspecified atom stereocenters. The number of carbonyl (C=O) groups is 4. The van der Waals surface area contributed by atoms with Crippen LogP contribution in [0.4, 0.5) is 9.93 Å². The number of nitrogens with one attached hydrogen (secondary N) is 3. The molecular weight excluding hydrogens is 568 g/mol. The van der Waals surface area contributed by atoms with Crippen molar-refractivity contribution in [2.24, 2.45) is 5.16 Å². The van der Waals surface area contributed by atoms with Gasteiger partial charge in [0.05, 0.1) is 11.7 Å². The zero-order valence-electron chi connectivity index (χ0n) is 19.3. The fourth-order valence-corrected chi connectivity index (χ4v) is 6.46. The molecule has 38 heavy (non-hydrogen) atoms. The van der Waals surface area contributed by atoms with Gasteiger partial charge in [-0.05, 0) is 10.4 Å². The van der Waals surface area contributed by atoms with Gasteiger partial charge in [0.1, 0.15) is 18.5 Å². The number of carboxylic acid groups (broad SMARTS) is 2. The highest BCUT2D eigenvalue weighted by Crippen LogP contribution is 2.44. The average molecular weight is 587 g/mol. The number of nitrogens with zero attached hydrogens (tertiary/aromatic N) is 7. The van der Waals surface area contributed by atoms with Crippen LogP contribution in [0, 0.1) is 0 Å². The molecule has 4 heterocycles. The van der Waals surface area contributed by atoms with Crippen molar-refractivity contribution in [2.45, 2.75) is 28.2 Å². The van der Waals surface area contributed by atoms with Crippen LogP contribution in [0.3, 0.4) is 0 Å². The first-order chi connectivity index (χ1) is 18.2. The van der Waals surface area contributed by atoms with Crippen molar-refractivity contribution in [3.8, 4) is 0 Å². The van der Waals surface area contributed by atoms with Crippen molar-refractivity contribution >= 4 is 69.8 Å². The molecule has 21 heteroatoms. The van der Waals surface area contributed by atoms with Crippen LogP contribution >= 0.6 is 35.1 Å². The normalized spacial score (nSPS) is 19.8. The van der Waals surface area contributed by atoms with E-state index in [1.54, 1.807) is 7.05 Å². The van der Waals surface area contributed by atoms with Crippen molar-refractivity contribution in [3.05, 3.63) is 17.3 Å². The molecule has 1 fully saturated rings. The van der Waals surface area contributed by atoms with E-state index in [1.165, 1.54) is 18.9 Å². The summed E-state index contributed by atoms with van der Waals surface area (Å²) in [5.41, 5.74) is -0.0300. The third-order valence-electron chi connectivity index (χ3n) is 4.99. The van der Waals surface area contributed by atoms with Gasteiger partial charge in [0.25, 0.3) is 11.8 Å². The Kier molecular flexibility index (Phi) is 8.26. The van der Waals surface area contributed by atoms with Gasteiger partial charge in [-0.25, -0.2) is 9.89 Å². The third kappa shape index (κ3) is 5.62. The number of ether oxygens (including phenoxy) is 1. The van der Waals surface area contributed by atoms with Crippen LogP contribution in [0.1, 0.15) is 12.2 Å². The van der Waals surface area contributed by atoms with Crippen LogP contribution in [0.5, 0.6) is 0 Å². The topological polar surface area (TPSA) is 247 Å². The predicted molar refractivity (Wildman–Crippen MR) is 130 cm³/mol. The number of aromatic nitrogens is 6. The van der Waals surface area contributed by atoms with Gasteiger partial charge in [0, 0.05) is 29.9 Å². The quantitative estimate of drug-likeness (QED) is 0.0724. The van der Waals surface area contributed by atoms with Gasteiger partial charge in [-0.3, -0.25) is 19.3 Å². The van der Waals surface area contributed by atoms with Crippen LogP contribution in [0.25, 0.3) is 0 Å². The number of amides is 2. The van der Waals surface area contributed by atoms with E-state index in [9.17, 15) is 29.4 Å². The molecule has 3 atom stereocenters. The van der Waals surface area contributed by atoms with Crippen LogP contribution < -0.4 is 10.6 Å². The van der Waals surface area contributed by atoms with E-state index in [0.717, 1.165) is 28.2 Å². The monoisotopic (exact) mass is 586 g/mol. The molecule has 2 aliphatic rings. The second kappa shape index (κ2) is 11.6. The van der Waals surface area contributed by atoms with Crippen LogP contribution in [-0.4, -0.2) is 111 Å². The van der Waals surface area contributed by atoms with Gasteiger partial charge < -0.3 is 30.4 Å². The van der Waals surface area contributed by atoms with Gasteiger partial charge in [0.15, 0.2) is 0 Å². The maximum atomic E-state index is 13.1. The lowest BCUT2D eigenvalue weighted by atomic mass is 10.0. The second-order valence-corrected chi connectivity index (χ2v) is 10.3. The molecule has 18 nitrogen and oxygen atoms in total. The summed E-state index contributed by atoms with van der Waals surface area (Å²) >= 11 is 3.11. The van der Waals surface area contributed by atoms with Crippen LogP contribution in [-0.2, 0) is 24.0 Å². The molecule has 0 aliphatic carbocycles. The minimum Gasteiger partial charge on any atom is -0.481 e. The summed E-state index contributed by atoms with van der Waals surface area (Å²) in [7, 11) is 2.86. The maximum Gasteiger partial charge on any atom is 0.512 e. The number of fused-ring (bicyclic) bond motifs is 1. The molecule has 0 aromatic carbocycles. The van der Waals surface area contributed by atoms with Crippen molar-refractivity contribution in [2.75, 3.05) is 25.2 Å². The van der Waals surface area contributed by atoms with Crippen molar-refractivity contribution in [1.29, 1.82) is 0 Å². The van der Waals surface area contributed by atoms with Crippen molar-refractivity contribution < 1.29 is 39.0 Å². The number of β-lactam (4-membered cyclic amide) rings is 1. The number of rotatable bonds is 11. The van der Waals surface area contributed by atoms with Gasteiger partial charge >= 0.3 is 12.1 Å². The Hall–Kier alpha value is -3.98. The summed E-state index contributed by atoms with van der Waals surface area (Å²) in [6.45, 7) is 0. The maximum absolute atomic E-state index is 13.1. The van der Waals surface area contributed by atoms with E-state index in [4.69, 9.17) is 9.57 Å². The highest BCUT2D eigenvalue weighted by atomic mass is 32.2. The van der Waals surface area contributed by atoms with Crippen LogP contribution in [0.15, 0.2) is 21.8 Å². The van der Waals surface area contributed by atoms with Gasteiger partial charge in [-0.1, -0.05) is 16.9 Å². The summed E-state index contributed by atoms with van der Waals surface area (Å²) in [5.74, 6) is -2.90. The first-order valence-electron chi connectivity index (χ1n) is 10.4. The van der Waals surface area contributed by atoms with E-state index >= 15 is 0 Å². The standard InChI is InChI=1S/C17H18N10O8S3/c1-18-15-20-10(24-38-15)8(23-34-2)11(30)19-9-12(31)27-13(35-17(32)33)5(4-36-14(9)27)6(3-7(28)29)37-16-21-25-26-22-16/h6,9,14H,3-4H2,1-2H3,(H,19,30)(H,28,29)(H,32,33)(H,18,20,24)(H,21,22,25,26)/b23-8-/t6?,9-,14+/m1/s1. The third-order valence-corrected chi connectivity index (χ3v) is 8.16.